The highest BCUT2D eigenvalue weighted by Gasteiger charge is 2.35. The zero-order valence-corrected chi connectivity index (χ0v) is 24.6. The molecule has 0 aliphatic rings. The molecule has 0 spiro atoms. The van der Waals surface area contributed by atoms with Crippen LogP contribution in [0.15, 0.2) is 126 Å². The SMILES string of the molecule is CC(C)(O)C(C)(C)OBc1ccc(-c2ccc(C(=N)/N=c3\[nH]cc(-c4ccccc4)cc3-c3ccccc3)cc2)cc1. The van der Waals surface area contributed by atoms with Gasteiger partial charge in [-0.15, -0.1) is 0 Å². The van der Waals surface area contributed by atoms with Crippen molar-refractivity contribution in [2.75, 3.05) is 0 Å². The van der Waals surface area contributed by atoms with Crippen molar-refractivity contribution in [3.8, 4) is 33.4 Å². The Morgan fingerprint density at radius 2 is 1.24 bits per heavy atom. The smallest absolute Gasteiger partial charge is 0.309 e. The molecule has 0 saturated carbocycles. The van der Waals surface area contributed by atoms with E-state index >= 15 is 0 Å². The molecule has 0 atom stereocenters. The maximum Gasteiger partial charge on any atom is 0.309 e. The first-order chi connectivity index (χ1) is 20.1. The van der Waals surface area contributed by atoms with E-state index in [9.17, 15) is 5.11 Å². The minimum atomic E-state index is -0.943. The average molecular weight is 554 g/mol. The molecular formula is C36H36BN3O2. The van der Waals surface area contributed by atoms with Gasteiger partial charge in [0.1, 0.15) is 5.49 Å². The summed E-state index contributed by atoms with van der Waals surface area (Å²) in [4.78, 5) is 8.05. The Balaban J connectivity index is 1.36. The van der Waals surface area contributed by atoms with E-state index in [1.807, 2.05) is 92.8 Å². The van der Waals surface area contributed by atoms with Crippen molar-refractivity contribution < 1.29 is 9.76 Å². The molecule has 210 valence electrons. The van der Waals surface area contributed by atoms with Crippen LogP contribution < -0.4 is 11.0 Å². The number of aromatic amines is 1. The lowest BCUT2D eigenvalue weighted by atomic mass is 9.82. The van der Waals surface area contributed by atoms with Gasteiger partial charge in [-0.2, -0.15) is 0 Å². The monoisotopic (exact) mass is 553 g/mol. The lowest BCUT2D eigenvalue weighted by Gasteiger charge is -2.37. The van der Waals surface area contributed by atoms with E-state index in [0.29, 0.717) is 13.0 Å². The molecule has 0 fully saturated rings. The Bertz CT molecular complexity index is 1720. The Labute approximate surface area is 248 Å². The summed E-state index contributed by atoms with van der Waals surface area (Å²) in [5, 5.41) is 19.1. The van der Waals surface area contributed by atoms with Crippen LogP contribution >= 0.6 is 0 Å². The second-order valence-corrected chi connectivity index (χ2v) is 11.5. The molecule has 0 radical (unpaired) electrons. The molecule has 5 rings (SSSR count). The molecule has 0 saturated heterocycles. The minimum absolute atomic E-state index is 0.185. The maximum atomic E-state index is 10.3. The van der Waals surface area contributed by atoms with Crippen LogP contribution in [0.2, 0.25) is 0 Å². The molecule has 0 aliphatic heterocycles. The van der Waals surface area contributed by atoms with Gasteiger partial charge in [0.05, 0.1) is 11.2 Å². The zero-order chi connectivity index (χ0) is 29.7. The second-order valence-electron chi connectivity index (χ2n) is 11.5. The average Bonchev–Trinajstić information content (AvgIpc) is 3.01. The fourth-order valence-corrected chi connectivity index (χ4v) is 4.45. The third-order valence-electron chi connectivity index (χ3n) is 7.85. The molecule has 42 heavy (non-hydrogen) atoms. The highest BCUT2D eigenvalue weighted by molar-refractivity contribution is 6.47. The summed E-state index contributed by atoms with van der Waals surface area (Å²) in [5.41, 5.74) is 7.08. The molecule has 6 heteroatoms. The van der Waals surface area contributed by atoms with Gasteiger partial charge in [0.25, 0.3) is 0 Å². The minimum Gasteiger partial charge on any atom is -0.427 e. The number of benzene rings is 4. The molecular weight excluding hydrogens is 517 g/mol. The summed E-state index contributed by atoms with van der Waals surface area (Å²) >= 11 is 0. The van der Waals surface area contributed by atoms with Crippen LogP contribution in [0, 0.1) is 5.41 Å². The molecule has 5 nitrogen and oxygen atoms in total. The largest absolute Gasteiger partial charge is 0.427 e. The van der Waals surface area contributed by atoms with Gasteiger partial charge < -0.3 is 14.7 Å². The van der Waals surface area contributed by atoms with Gasteiger partial charge in [-0.05, 0) is 61.6 Å². The van der Waals surface area contributed by atoms with Crippen molar-refractivity contribution in [3.63, 3.8) is 0 Å². The van der Waals surface area contributed by atoms with E-state index in [0.717, 1.165) is 44.4 Å². The van der Waals surface area contributed by atoms with E-state index in [1.54, 1.807) is 13.8 Å². The van der Waals surface area contributed by atoms with Crippen molar-refractivity contribution in [2.45, 2.75) is 38.9 Å². The topological polar surface area (TPSA) is 81.5 Å². The quantitative estimate of drug-likeness (QED) is 0.117. The zero-order valence-electron chi connectivity index (χ0n) is 24.6. The second kappa shape index (κ2) is 12.2. The number of aromatic nitrogens is 1. The summed E-state index contributed by atoms with van der Waals surface area (Å²) < 4.78 is 6.00. The van der Waals surface area contributed by atoms with E-state index in [1.165, 1.54) is 0 Å². The summed E-state index contributed by atoms with van der Waals surface area (Å²) in [6.07, 6.45) is 1.94. The van der Waals surface area contributed by atoms with Gasteiger partial charge in [0.2, 0.25) is 0 Å². The first-order valence-electron chi connectivity index (χ1n) is 14.1. The van der Waals surface area contributed by atoms with E-state index in [4.69, 9.17) is 15.1 Å². The van der Waals surface area contributed by atoms with Crippen LogP contribution in [0.1, 0.15) is 33.3 Å². The van der Waals surface area contributed by atoms with Gasteiger partial charge >= 0.3 is 7.48 Å². The van der Waals surface area contributed by atoms with Crippen molar-refractivity contribution >= 4 is 18.8 Å². The Morgan fingerprint density at radius 1 is 0.714 bits per heavy atom. The number of nitrogens with zero attached hydrogens (tertiary/aromatic N) is 1. The lowest BCUT2D eigenvalue weighted by Crippen LogP contribution is -2.49. The fourth-order valence-electron chi connectivity index (χ4n) is 4.45. The molecule has 1 aromatic heterocycles. The summed E-state index contributed by atoms with van der Waals surface area (Å²) in [5.74, 6) is 0.185. The van der Waals surface area contributed by atoms with E-state index in [-0.39, 0.29) is 5.84 Å². The van der Waals surface area contributed by atoms with Crippen molar-refractivity contribution in [1.82, 2.24) is 4.98 Å². The first kappa shape index (κ1) is 29.0. The number of nitrogens with one attached hydrogen (secondary N) is 2. The summed E-state index contributed by atoms with van der Waals surface area (Å²) in [6, 6.07) is 38.6. The summed E-state index contributed by atoms with van der Waals surface area (Å²) in [7, 11) is 0.420. The molecule has 4 aromatic carbocycles. The molecule has 0 unspecified atom stereocenters. The molecule has 1 heterocycles. The number of rotatable bonds is 8. The van der Waals surface area contributed by atoms with Gasteiger partial charge in [0.15, 0.2) is 5.84 Å². The Kier molecular flexibility index (Phi) is 8.39. The van der Waals surface area contributed by atoms with Crippen LogP contribution in [0.4, 0.5) is 0 Å². The van der Waals surface area contributed by atoms with Gasteiger partial charge in [0, 0.05) is 17.3 Å². The normalized spacial score (nSPS) is 12.3. The van der Waals surface area contributed by atoms with Crippen molar-refractivity contribution in [3.05, 3.63) is 133 Å². The number of H-pyrrole nitrogens is 1. The lowest BCUT2D eigenvalue weighted by molar-refractivity contribution is -0.0893. The van der Waals surface area contributed by atoms with Crippen molar-refractivity contribution in [2.24, 2.45) is 4.99 Å². The van der Waals surface area contributed by atoms with E-state index in [2.05, 4.69) is 47.4 Å². The number of aliphatic hydroxyl groups is 1. The number of pyridine rings is 1. The molecule has 3 N–H and O–H groups in total. The third kappa shape index (κ3) is 6.68. The molecule has 0 aliphatic carbocycles. The summed E-state index contributed by atoms with van der Waals surface area (Å²) in [6.45, 7) is 7.31. The van der Waals surface area contributed by atoms with Crippen LogP contribution in [0.25, 0.3) is 33.4 Å². The highest BCUT2D eigenvalue weighted by atomic mass is 16.5. The fraction of sp³-hybridized carbons (Fsp3) is 0.167. The highest BCUT2D eigenvalue weighted by Crippen LogP contribution is 2.25. The van der Waals surface area contributed by atoms with Gasteiger partial charge in [-0.1, -0.05) is 115 Å². The third-order valence-corrected chi connectivity index (χ3v) is 7.85. The number of hydrogen-bond donors (Lipinski definition) is 3. The molecule has 0 amide bonds. The van der Waals surface area contributed by atoms with E-state index < -0.39 is 11.2 Å². The van der Waals surface area contributed by atoms with Crippen LogP contribution in [-0.4, -0.2) is 34.6 Å². The molecule has 0 bridgehead atoms. The van der Waals surface area contributed by atoms with Crippen LogP contribution in [0.5, 0.6) is 0 Å². The Hall–Kier alpha value is -4.52. The molecule has 5 aromatic rings. The number of hydrogen-bond acceptors (Lipinski definition) is 3. The van der Waals surface area contributed by atoms with Gasteiger partial charge in [-0.25, -0.2) is 4.99 Å². The van der Waals surface area contributed by atoms with Crippen molar-refractivity contribution in [1.29, 1.82) is 5.41 Å². The van der Waals surface area contributed by atoms with Gasteiger partial charge in [-0.3, -0.25) is 5.41 Å². The predicted octanol–water partition coefficient (Wildman–Crippen LogP) is 6.48. The number of amidine groups is 1. The maximum absolute atomic E-state index is 10.3. The first-order valence-corrected chi connectivity index (χ1v) is 14.1. The standard InChI is InChI=1S/C36H36BN3O2/c1-35(2,41)36(3,4)42-37-31-21-19-27(20-22-31)26-15-17-29(18-16-26)33(38)40-34-32(28-13-9-6-10-14-28)23-30(24-39-34)25-11-7-5-8-12-25/h5-24,37,41H,1-4H3,(H2,38,39,40). The van der Waals surface area contributed by atoms with Crippen LogP contribution in [-0.2, 0) is 4.65 Å². The predicted molar refractivity (Wildman–Crippen MR) is 174 cm³/mol. The Morgan fingerprint density at radius 3 is 1.81 bits per heavy atom. The van der Waals surface area contributed by atoms with Crippen LogP contribution in [0.3, 0.4) is 0 Å².